The third-order valence-electron chi connectivity index (χ3n) is 4.22. The highest BCUT2D eigenvalue weighted by atomic mass is 79.9. The SMILES string of the molecule is C[C@@H](O)C(CO)OC(Sc1cc(Br)cnc1C#N)[C@@H](O)Cn1cc(-c2csc(=O)[nH]2)nn1. The highest BCUT2D eigenvalue weighted by molar-refractivity contribution is 9.10. The summed E-state index contributed by atoms with van der Waals surface area (Å²) in [5, 5.41) is 49.3. The zero-order chi connectivity index (χ0) is 23.3. The number of halogens is 1. The van der Waals surface area contributed by atoms with Gasteiger partial charge in [-0.25, -0.2) is 9.67 Å². The van der Waals surface area contributed by atoms with Crippen molar-refractivity contribution in [1.82, 2.24) is 25.0 Å². The fourth-order valence-electron chi connectivity index (χ4n) is 2.59. The van der Waals surface area contributed by atoms with E-state index in [1.807, 2.05) is 6.07 Å². The molecule has 0 fully saturated rings. The quantitative estimate of drug-likeness (QED) is 0.213. The summed E-state index contributed by atoms with van der Waals surface area (Å²) >= 11 is 5.34. The lowest BCUT2D eigenvalue weighted by Crippen LogP contribution is -2.39. The number of hydrogen-bond donors (Lipinski definition) is 4. The number of pyridine rings is 1. The summed E-state index contributed by atoms with van der Waals surface area (Å²) in [6, 6.07) is 3.65. The first-order valence-electron chi connectivity index (χ1n) is 9.23. The van der Waals surface area contributed by atoms with Crippen LogP contribution in [-0.4, -0.2) is 70.6 Å². The molecule has 3 rings (SSSR count). The summed E-state index contributed by atoms with van der Waals surface area (Å²) in [5.74, 6) is 0. The van der Waals surface area contributed by atoms with Crippen LogP contribution in [0.4, 0.5) is 0 Å². The lowest BCUT2D eigenvalue weighted by atomic mass is 10.2. The van der Waals surface area contributed by atoms with Gasteiger partial charge in [0.15, 0.2) is 5.69 Å². The Labute approximate surface area is 198 Å². The lowest BCUT2D eigenvalue weighted by molar-refractivity contribution is -0.0972. The Morgan fingerprint density at radius 3 is 2.88 bits per heavy atom. The summed E-state index contributed by atoms with van der Waals surface area (Å²) in [4.78, 5) is 18.3. The molecule has 0 saturated carbocycles. The molecule has 0 radical (unpaired) electrons. The van der Waals surface area contributed by atoms with Crippen molar-refractivity contribution in [3.05, 3.63) is 43.7 Å². The normalized spacial score (nSPS) is 15.1. The Balaban J connectivity index is 1.82. The number of nitrogens with one attached hydrogen (secondary N) is 1. The number of nitriles is 1. The van der Waals surface area contributed by atoms with Crippen molar-refractivity contribution in [3.8, 4) is 17.5 Å². The maximum absolute atomic E-state index is 11.3. The number of aromatic nitrogens is 5. The molecule has 32 heavy (non-hydrogen) atoms. The molecule has 4 N–H and O–H groups in total. The Kier molecular flexibility index (Phi) is 8.54. The van der Waals surface area contributed by atoms with Gasteiger partial charge in [-0.3, -0.25) is 4.79 Å². The minimum Gasteiger partial charge on any atom is -0.394 e. The second-order valence-corrected chi connectivity index (χ2v) is 9.55. The van der Waals surface area contributed by atoms with Gasteiger partial charge in [0.25, 0.3) is 0 Å². The van der Waals surface area contributed by atoms with Crippen molar-refractivity contribution in [2.45, 2.75) is 42.1 Å². The van der Waals surface area contributed by atoms with Crippen LogP contribution < -0.4 is 4.87 Å². The summed E-state index contributed by atoms with van der Waals surface area (Å²) < 4.78 is 7.80. The Bertz CT molecular complexity index is 1140. The minimum absolute atomic E-state index is 0.0414. The van der Waals surface area contributed by atoms with Crippen LogP contribution in [0.2, 0.25) is 0 Å². The number of thioether (sulfide) groups is 1. The van der Waals surface area contributed by atoms with E-state index in [9.17, 15) is 25.4 Å². The number of nitrogens with zero attached hydrogens (tertiary/aromatic N) is 5. The van der Waals surface area contributed by atoms with Crippen LogP contribution >= 0.6 is 39.0 Å². The van der Waals surface area contributed by atoms with Crippen molar-refractivity contribution in [2.75, 3.05) is 6.61 Å². The van der Waals surface area contributed by atoms with Gasteiger partial charge in [-0.05, 0) is 28.9 Å². The molecule has 3 heterocycles. The fraction of sp³-hybridized carbons (Fsp3) is 0.389. The van der Waals surface area contributed by atoms with E-state index in [-0.39, 0.29) is 17.1 Å². The first-order chi connectivity index (χ1) is 15.3. The monoisotopic (exact) mass is 542 g/mol. The summed E-state index contributed by atoms with van der Waals surface area (Å²) in [5.41, 5.74) is 0.0942. The van der Waals surface area contributed by atoms with E-state index in [2.05, 4.69) is 36.2 Å². The average Bonchev–Trinajstić information content (AvgIpc) is 3.39. The van der Waals surface area contributed by atoms with Crippen LogP contribution in [-0.2, 0) is 11.3 Å². The van der Waals surface area contributed by atoms with Gasteiger partial charge in [-0.2, -0.15) is 5.26 Å². The first kappa shape index (κ1) is 24.5. The number of thiazole rings is 1. The van der Waals surface area contributed by atoms with Gasteiger partial charge in [-0.1, -0.05) is 28.3 Å². The highest BCUT2D eigenvalue weighted by Crippen LogP contribution is 2.32. The van der Waals surface area contributed by atoms with Crippen LogP contribution in [0.15, 0.2) is 38.0 Å². The minimum atomic E-state index is -1.17. The number of aromatic amines is 1. The van der Waals surface area contributed by atoms with Crippen LogP contribution in [0.3, 0.4) is 0 Å². The van der Waals surface area contributed by atoms with Gasteiger partial charge in [0, 0.05) is 20.9 Å². The van der Waals surface area contributed by atoms with Gasteiger partial charge in [-0.15, -0.1) is 5.10 Å². The van der Waals surface area contributed by atoms with Crippen molar-refractivity contribution < 1.29 is 20.1 Å². The number of H-pyrrole nitrogens is 1. The van der Waals surface area contributed by atoms with Crippen LogP contribution in [0.1, 0.15) is 12.6 Å². The van der Waals surface area contributed by atoms with E-state index in [4.69, 9.17) is 4.74 Å². The first-order valence-corrected chi connectivity index (χ1v) is 11.8. The molecular formula is C18H19BrN6O5S2. The van der Waals surface area contributed by atoms with Crippen molar-refractivity contribution in [1.29, 1.82) is 5.26 Å². The molecule has 0 aliphatic carbocycles. The van der Waals surface area contributed by atoms with Gasteiger partial charge in [0.05, 0.1) is 31.1 Å². The highest BCUT2D eigenvalue weighted by Gasteiger charge is 2.29. The largest absolute Gasteiger partial charge is 0.394 e. The number of aliphatic hydroxyl groups excluding tert-OH is 3. The standard InChI is InChI=1S/C18H19BrN6O5S2/c1-9(27)15(7-26)30-17(32-16-2-10(19)4-21-11(16)3-20)14(28)6-25-5-12(23-24-25)13-8-31-18(29)22-13/h2,4-5,8-9,14-15,17,26-28H,6-7H2,1H3,(H,22,29)/t9-,14+,15?,17?/m1/s1. The zero-order valence-corrected chi connectivity index (χ0v) is 19.8. The third kappa shape index (κ3) is 6.23. The van der Waals surface area contributed by atoms with E-state index in [1.165, 1.54) is 17.8 Å². The Morgan fingerprint density at radius 1 is 1.47 bits per heavy atom. The van der Waals surface area contributed by atoms with E-state index in [0.29, 0.717) is 20.8 Å². The van der Waals surface area contributed by atoms with E-state index in [1.54, 1.807) is 17.6 Å². The van der Waals surface area contributed by atoms with Crippen molar-refractivity contribution in [3.63, 3.8) is 0 Å². The van der Waals surface area contributed by atoms with Gasteiger partial charge in [0.2, 0.25) is 0 Å². The average molecular weight is 543 g/mol. The zero-order valence-electron chi connectivity index (χ0n) is 16.6. The van der Waals surface area contributed by atoms with Gasteiger partial charge >= 0.3 is 4.87 Å². The molecular weight excluding hydrogens is 524 g/mol. The maximum atomic E-state index is 11.3. The maximum Gasteiger partial charge on any atom is 0.304 e. The van der Waals surface area contributed by atoms with E-state index in [0.717, 1.165) is 23.1 Å². The van der Waals surface area contributed by atoms with Crippen molar-refractivity contribution in [2.24, 2.45) is 0 Å². The topological polar surface area (TPSA) is 170 Å². The molecule has 0 saturated heterocycles. The van der Waals surface area contributed by atoms with Gasteiger partial charge in [0.1, 0.15) is 29.4 Å². The third-order valence-corrected chi connectivity index (χ3v) is 6.54. The summed E-state index contributed by atoms with van der Waals surface area (Å²) in [6.45, 7) is 0.949. The van der Waals surface area contributed by atoms with Crippen molar-refractivity contribution >= 4 is 39.0 Å². The second-order valence-electron chi connectivity index (χ2n) is 6.65. The van der Waals surface area contributed by atoms with Gasteiger partial charge < -0.3 is 25.0 Å². The lowest BCUT2D eigenvalue weighted by Gasteiger charge is -2.28. The van der Waals surface area contributed by atoms with E-state index < -0.39 is 30.4 Å². The summed E-state index contributed by atoms with van der Waals surface area (Å²) in [6.07, 6.45) is -0.0979. The number of hydrogen-bond acceptors (Lipinski definition) is 11. The molecule has 0 aliphatic heterocycles. The Hall–Kier alpha value is -2.12. The molecule has 0 spiro atoms. The molecule has 170 valence electrons. The molecule has 0 aliphatic rings. The van der Waals surface area contributed by atoms with Crippen LogP contribution in [0.25, 0.3) is 11.4 Å². The molecule has 14 heteroatoms. The molecule has 4 atom stereocenters. The van der Waals surface area contributed by atoms with Crippen LogP contribution in [0, 0.1) is 11.3 Å². The molecule has 0 aromatic carbocycles. The number of rotatable bonds is 10. The number of aliphatic hydroxyl groups is 3. The van der Waals surface area contributed by atoms with Crippen LogP contribution in [0.5, 0.6) is 0 Å². The Morgan fingerprint density at radius 2 is 2.25 bits per heavy atom. The molecule has 0 bridgehead atoms. The smallest absolute Gasteiger partial charge is 0.304 e. The molecule has 11 nitrogen and oxygen atoms in total. The molecule has 3 aromatic rings. The molecule has 3 aromatic heterocycles. The molecule has 2 unspecified atom stereocenters. The molecule has 0 amide bonds. The summed E-state index contributed by atoms with van der Waals surface area (Å²) in [7, 11) is 0. The number of ether oxygens (including phenoxy) is 1. The second kappa shape index (κ2) is 11.1. The predicted molar refractivity (Wildman–Crippen MR) is 120 cm³/mol. The fourth-order valence-corrected chi connectivity index (χ4v) is 4.75. The predicted octanol–water partition coefficient (Wildman–Crippen LogP) is 0.962. The van der Waals surface area contributed by atoms with E-state index >= 15 is 0 Å².